The zero-order chi connectivity index (χ0) is 20.2. The minimum absolute atomic E-state index is 0. The molecule has 0 radical (unpaired) electrons. The summed E-state index contributed by atoms with van der Waals surface area (Å²) in [7, 11) is 1.74. The number of hydrogen-bond donors (Lipinski definition) is 2. The lowest BCUT2D eigenvalue weighted by Gasteiger charge is -2.12. The monoisotopic (exact) mass is 516 g/mol. The molecule has 0 saturated heterocycles. The molecule has 29 heavy (non-hydrogen) atoms. The van der Waals surface area contributed by atoms with E-state index in [0.29, 0.717) is 24.1 Å². The van der Waals surface area contributed by atoms with Crippen LogP contribution >= 0.6 is 24.0 Å². The first kappa shape index (κ1) is 25.1. The quantitative estimate of drug-likeness (QED) is 0.213. The van der Waals surface area contributed by atoms with Gasteiger partial charge in [0, 0.05) is 45.6 Å². The fourth-order valence-electron chi connectivity index (χ4n) is 2.31. The largest absolute Gasteiger partial charge is 0.439 e. The van der Waals surface area contributed by atoms with Gasteiger partial charge in [-0.1, -0.05) is 19.9 Å². The van der Waals surface area contributed by atoms with Gasteiger partial charge in [0.15, 0.2) is 5.96 Å². The van der Waals surface area contributed by atoms with Gasteiger partial charge in [-0.15, -0.1) is 24.0 Å². The summed E-state index contributed by atoms with van der Waals surface area (Å²) in [6.07, 6.45) is 2.66. The number of benzene rings is 1. The number of nitrogens with one attached hydrogen (secondary N) is 2. The van der Waals surface area contributed by atoms with Crippen molar-refractivity contribution in [3.05, 3.63) is 54.0 Å². The van der Waals surface area contributed by atoms with E-state index >= 15 is 0 Å². The fourth-order valence-corrected chi connectivity index (χ4v) is 2.31. The highest BCUT2D eigenvalue weighted by Gasteiger charge is 2.02. The van der Waals surface area contributed by atoms with Crippen LogP contribution in [-0.4, -0.2) is 37.7 Å². The van der Waals surface area contributed by atoms with Crippen LogP contribution in [0.4, 0.5) is 4.39 Å². The summed E-state index contributed by atoms with van der Waals surface area (Å²) in [5, 5.41) is 6.51. The van der Waals surface area contributed by atoms with Crippen molar-refractivity contribution in [2.24, 2.45) is 10.9 Å². The predicted octanol–water partition coefficient (Wildman–Crippen LogP) is 4.36. The Labute approximate surface area is 189 Å². The van der Waals surface area contributed by atoms with Gasteiger partial charge in [0.25, 0.3) is 0 Å². The lowest BCUT2D eigenvalue weighted by atomic mass is 10.2. The second-order valence-electron chi connectivity index (χ2n) is 6.74. The number of rotatable bonds is 10. The van der Waals surface area contributed by atoms with Crippen LogP contribution in [0.3, 0.4) is 0 Å². The molecule has 2 N–H and O–H groups in total. The van der Waals surface area contributed by atoms with E-state index in [-0.39, 0.29) is 29.8 Å². The van der Waals surface area contributed by atoms with Crippen molar-refractivity contribution in [3.63, 3.8) is 0 Å². The number of hydrogen-bond acceptors (Lipinski definition) is 4. The molecule has 0 amide bonds. The Morgan fingerprint density at radius 3 is 2.52 bits per heavy atom. The zero-order valence-electron chi connectivity index (χ0n) is 17.2. The Morgan fingerprint density at radius 2 is 1.90 bits per heavy atom. The first-order valence-corrected chi connectivity index (χ1v) is 9.47. The van der Waals surface area contributed by atoms with Crippen molar-refractivity contribution in [2.75, 3.05) is 26.8 Å². The normalized spacial score (nSPS) is 11.1. The summed E-state index contributed by atoms with van der Waals surface area (Å²) in [5.41, 5.74) is 0.995. The average Bonchev–Trinajstić information content (AvgIpc) is 2.69. The van der Waals surface area contributed by atoms with Gasteiger partial charge in [0.1, 0.15) is 11.6 Å². The first-order valence-electron chi connectivity index (χ1n) is 9.47. The van der Waals surface area contributed by atoms with Crippen LogP contribution in [0.1, 0.15) is 25.8 Å². The van der Waals surface area contributed by atoms with Crippen molar-refractivity contribution in [1.82, 2.24) is 15.6 Å². The topological polar surface area (TPSA) is 67.8 Å². The highest BCUT2D eigenvalue weighted by atomic mass is 127. The first-order chi connectivity index (χ1) is 13.6. The molecule has 1 aromatic heterocycles. The molecule has 0 fully saturated rings. The van der Waals surface area contributed by atoms with Gasteiger partial charge in [-0.3, -0.25) is 4.99 Å². The van der Waals surface area contributed by atoms with Gasteiger partial charge in [0.05, 0.1) is 0 Å². The molecule has 0 bridgehead atoms. The van der Waals surface area contributed by atoms with E-state index in [0.717, 1.165) is 37.7 Å². The summed E-state index contributed by atoms with van der Waals surface area (Å²) in [6, 6.07) is 9.53. The number of guanidine groups is 1. The SMILES string of the molecule is CN=C(NCCCOCC(C)C)NCc1ccc(Oc2ccc(F)cc2)nc1.I. The van der Waals surface area contributed by atoms with Crippen LogP contribution in [0, 0.1) is 11.7 Å². The Morgan fingerprint density at radius 1 is 1.14 bits per heavy atom. The fraction of sp³-hybridized carbons (Fsp3) is 0.429. The summed E-state index contributed by atoms with van der Waals surface area (Å²) in [4.78, 5) is 8.48. The van der Waals surface area contributed by atoms with Crippen LogP contribution in [-0.2, 0) is 11.3 Å². The van der Waals surface area contributed by atoms with Gasteiger partial charge < -0.3 is 20.1 Å². The van der Waals surface area contributed by atoms with Crippen molar-refractivity contribution >= 4 is 29.9 Å². The lowest BCUT2D eigenvalue weighted by Crippen LogP contribution is -2.37. The molecular formula is C21H30FIN4O2. The molecule has 0 aliphatic rings. The standard InChI is InChI=1S/C21H29FN4O2.HI/c1-16(2)15-27-12-4-11-24-21(23-3)26-14-17-5-10-20(25-13-17)28-19-8-6-18(22)7-9-19;/h5-10,13,16H,4,11-12,14-15H2,1-3H3,(H2,23,24,26);1H. The molecule has 2 aromatic rings. The highest BCUT2D eigenvalue weighted by molar-refractivity contribution is 14.0. The van der Waals surface area contributed by atoms with E-state index < -0.39 is 0 Å². The molecule has 6 nitrogen and oxygen atoms in total. The molecule has 0 aliphatic carbocycles. The van der Waals surface area contributed by atoms with Crippen molar-refractivity contribution < 1.29 is 13.9 Å². The van der Waals surface area contributed by atoms with Crippen LogP contribution in [0.2, 0.25) is 0 Å². The third-order valence-electron chi connectivity index (χ3n) is 3.73. The second kappa shape index (κ2) is 14.1. The number of pyridine rings is 1. The number of halogens is 2. The second-order valence-corrected chi connectivity index (χ2v) is 6.74. The number of ether oxygens (including phenoxy) is 2. The maximum absolute atomic E-state index is 12.9. The minimum atomic E-state index is -0.299. The smallest absolute Gasteiger partial charge is 0.219 e. The third kappa shape index (κ3) is 10.4. The molecule has 2 rings (SSSR count). The van der Waals surface area contributed by atoms with Gasteiger partial charge in [-0.05, 0) is 42.2 Å². The van der Waals surface area contributed by atoms with E-state index in [2.05, 4.69) is 34.5 Å². The van der Waals surface area contributed by atoms with E-state index in [1.807, 2.05) is 6.07 Å². The van der Waals surface area contributed by atoms with Crippen molar-refractivity contribution in [1.29, 1.82) is 0 Å². The molecule has 1 aromatic carbocycles. The van der Waals surface area contributed by atoms with Crippen LogP contribution in [0.5, 0.6) is 11.6 Å². The van der Waals surface area contributed by atoms with Crippen LogP contribution < -0.4 is 15.4 Å². The molecule has 160 valence electrons. The maximum Gasteiger partial charge on any atom is 0.219 e. The van der Waals surface area contributed by atoms with E-state index in [9.17, 15) is 4.39 Å². The summed E-state index contributed by atoms with van der Waals surface area (Å²) in [6.45, 7) is 7.19. The van der Waals surface area contributed by atoms with Crippen molar-refractivity contribution in [2.45, 2.75) is 26.8 Å². The summed E-state index contributed by atoms with van der Waals surface area (Å²) >= 11 is 0. The highest BCUT2D eigenvalue weighted by Crippen LogP contribution is 2.19. The molecule has 0 aliphatic heterocycles. The molecule has 0 atom stereocenters. The molecule has 0 unspecified atom stereocenters. The number of nitrogens with zero attached hydrogens (tertiary/aromatic N) is 2. The Kier molecular flexibility index (Phi) is 12.2. The molecular weight excluding hydrogens is 486 g/mol. The zero-order valence-corrected chi connectivity index (χ0v) is 19.5. The minimum Gasteiger partial charge on any atom is -0.439 e. The third-order valence-corrected chi connectivity index (χ3v) is 3.73. The molecule has 8 heteroatoms. The lowest BCUT2D eigenvalue weighted by molar-refractivity contribution is 0.108. The average molecular weight is 516 g/mol. The summed E-state index contributed by atoms with van der Waals surface area (Å²) < 4.78 is 24.1. The molecule has 0 spiro atoms. The Balaban J connectivity index is 0.00000420. The van der Waals surface area contributed by atoms with Crippen molar-refractivity contribution in [3.8, 4) is 11.6 Å². The van der Waals surface area contributed by atoms with Gasteiger partial charge in [-0.2, -0.15) is 0 Å². The number of aliphatic imine (C=N–C) groups is 1. The van der Waals surface area contributed by atoms with Gasteiger partial charge in [0.2, 0.25) is 5.88 Å². The molecule has 0 saturated carbocycles. The molecule has 1 heterocycles. The number of aromatic nitrogens is 1. The van der Waals surface area contributed by atoms with Crippen LogP contribution in [0.15, 0.2) is 47.6 Å². The van der Waals surface area contributed by atoms with E-state index in [1.165, 1.54) is 12.1 Å². The van der Waals surface area contributed by atoms with Gasteiger partial charge >= 0.3 is 0 Å². The predicted molar refractivity (Wildman–Crippen MR) is 125 cm³/mol. The van der Waals surface area contributed by atoms with E-state index in [1.54, 1.807) is 31.4 Å². The van der Waals surface area contributed by atoms with Gasteiger partial charge in [-0.25, -0.2) is 9.37 Å². The Hall–Kier alpha value is -1.94. The summed E-state index contributed by atoms with van der Waals surface area (Å²) in [5.74, 6) is 1.99. The Bertz CT molecular complexity index is 724. The van der Waals surface area contributed by atoms with Crippen LogP contribution in [0.25, 0.3) is 0 Å². The van der Waals surface area contributed by atoms with E-state index in [4.69, 9.17) is 9.47 Å². The maximum atomic E-state index is 12.9.